The number of halogens is 1. The van der Waals surface area contributed by atoms with Crippen molar-refractivity contribution in [2.75, 3.05) is 5.01 Å². The van der Waals surface area contributed by atoms with Crippen LogP contribution in [-0.4, -0.2) is 17.1 Å². The first-order chi connectivity index (χ1) is 12.2. The zero-order valence-electron chi connectivity index (χ0n) is 12.6. The van der Waals surface area contributed by atoms with Gasteiger partial charge in [-0.3, -0.25) is 4.79 Å². The van der Waals surface area contributed by atoms with Gasteiger partial charge in [0.25, 0.3) is 0 Å². The van der Waals surface area contributed by atoms with E-state index in [9.17, 15) is 9.18 Å². The van der Waals surface area contributed by atoms with Crippen LogP contribution in [0.1, 0.15) is 15.4 Å². The maximum Gasteiger partial charge on any atom is 0.316 e. The Kier molecular flexibility index (Phi) is 4.12. The molecular formula is C17H10FN3O2S2. The van der Waals surface area contributed by atoms with Crippen LogP contribution in [0.15, 0.2) is 63.6 Å². The lowest BCUT2D eigenvalue weighted by molar-refractivity contribution is 0.0961. The average Bonchev–Trinajstić information content (AvgIpc) is 3.36. The number of furan rings is 1. The molecule has 0 atom stereocenters. The number of rotatable bonds is 4. The SMILES string of the molecule is O=C(c1ccco1)N(/N=C/c1cccs1)c1nc2ccc(F)cc2s1. The van der Waals surface area contributed by atoms with Crippen molar-refractivity contribution in [1.29, 1.82) is 0 Å². The molecule has 0 N–H and O–H groups in total. The number of thiophene rings is 1. The molecule has 0 aliphatic heterocycles. The van der Waals surface area contributed by atoms with Gasteiger partial charge in [0.2, 0.25) is 5.13 Å². The van der Waals surface area contributed by atoms with E-state index in [1.165, 1.54) is 46.1 Å². The van der Waals surface area contributed by atoms with Crippen LogP contribution in [0.3, 0.4) is 0 Å². The first-order valence-corrected chi connectivity index (χ1v) is 8.92. The molecule has 0 aliphatic rings. The van der Waals surface area contributed by atoms with Gasteiger partial charge in [-0.15, -0.1) is 11.3 Å². The second-order valence-electron chi connectivity index (χ2n) is 4.96. The Morgan fingerprint density at radius 1 is 1.28 bits per heavy atom. The summed E-state index contributed by atoms with van der Waals surface area (Å²) in [7, 11) is 0. The Hall–Kier alpha value is -2.84. The van der Waals surface area contributed by atoms with Crippen molar-refractivity contribution in [2.24, 2.45) is 5.10 Å². The molecule has 0 spiro atoms. The lowest BCUT2D eigenvalue weighted by Gasteiger charge is -2.11. The number of hydrogen-bond acceptors (Lipinski definition) is 6. The van der Waals surface area contributed by atoms with Gasteiger partial charge in [0.1, 0.15) is 5.82 Å². The number of hydrogen-bond donors (Lipinski definition) is 0. The van der Waals surface area contributed by atoms with Crippen LogP contribution in [0.25, 0.3) is 10.2 Å². The standard InChI is InChI=1S/C17H10FN3O2S2/c18-11-5-6-13-15(9-11)25-17(20-13)21(16(22)14-4-1-7-23-14)19-10-12-3-2-8-24-12/h1-10H/b19-10+. The van der Waals surface area contributed by atoms with Crippen molar-refractivity contribution >= 4 is 50.1 Å². The molecule has 0 bridgehead atoms. The maximum absolute atomic E-state index is 13.4. The summed E-state index contributed by atoms with van der Waals surface area (Å²) in [5, 5.41) is 7.70. The zero-order chi connectivity index (χ0) is 17.2. The van der Waals surface area contributed by atoms with Crippen LogP contribution >= 0.6 is 22.7 Å². The highest BCUT2D eigenvalue weighted by atomic mass is 32.1. The molecule has 0 unspecified atom stereocenters. The van der Waals surface area contributed by atoms with E-state index in [0.29, 0.717) is 15.3 Å². The van der Waals surface area contributed by atoms with Crippen LogP contribution in [0.2, 0.25) is 0 Å². The summed E-state index contributed by atoms with van der Waals surface area (Å²) in [4.78, 5) is 18.0. The minimum atomic E-state index is -0.447. The largest absolute Gasteiger partial charge is 0.459 e. The number of thiazole rings is 1. The fraction of sp³-hybridized carbons (Fsp3) is 0. The van der Waals surface area contributed by atoms with E-state index in [-0.39, 0.29) is 11.6 Å². The van der Waals surface area contributed by atoms with Gasteiger partial charge < -0.3 is 4.42 Å². The number of amides is 1. The van der Waals surface area contributed by atoms with Gasteiger partial charge in [-0.2, -0.15) is 10.1 Å². The molecule has 3 heterocycles. The molecule has 8 heteroatoms. The van der Waals surface area contributed by atoms with Crippen LogP contribution in [-0.2, 0) is 0 Å². The smallest absolute Gasteiger partial charge is 0.316 e. The summed E-state index contributed by atoms with van der Waals surface area (Å²) < 4.78 is 19.2. The zero-order valence-corrected chi connectivity index (χ0v) is 14.3. The van der Waals surface area contributed by atoms with Crippen LogP contribution < -0.4 is 5.01 Å². The van der Waals surface area contributed by atoms with E-state index in [0.717, 1.165) is 4.88 Å². The van der Waals surface area contributed by atoms with Crippen LogP contribution in [0.4, 0.5) is 9.52 Å². The van der Waals surface area contributed by atoms with Crippen molar-refractivity contribution in [3.05, 3.63) is 70.6 Å². The quantitative estimate of drug-likeness (QED) is 0.383. The lowest BCUT2D eigenvalue weighted by atomic mass is 10.3. The molecular weight excluding hydrogens is 361 g/mol. The second kappa shape index (κ2) is 6.58. The van der Waals surface area contributed by atoms with E-state index in [1.54, 1.807) is 24.4 Å². The molecule has 4 aromatic rings. The third-order valence-electron chi connectivity index (χ3n) is 3.29. The molecule has 0 saturated carbocycles. The number of hydrazone groups is 1. The van der Waals surface area contributed by atoms with E-state index < -0.39 is 5.91 Å². The predicted octanol–water partition coefficient (Wildman–Crippen LogP) is 4.77. The monoisotopic (exact) mass is 371 g/mol. The van der Waals surface area contributed by atoms with Crippen molar-refractivity contribution in [3.63, 3.8) is 0 Å². The Morgan fingerprint density at radius 2 is 2.20 bits per heavy atom. The van der Waals surface area contributed by atoms with Crippen LogP contribution in [0.5, 0.6) is 0 Å². The van der Waals surface area contributed by atoms with Gasteiger partial charge in [-0.1, -0.05) is 17.4 Å². The Morgan fingerprint density at radius 3 is 2.96 bits per heavy atom. The van der Waals surface area contributed by atoms with Gasteiger partial charge >= 0.3 is 5.91 Å². The number of benzene rings is 1. The Balaban J connectivity index is 1.76. The topological polar surface area (TPSA) is 58.7 Å². The van der Waals surface area contributed by atoms with Gasteiger partial charge in [-0.05, 0) is 41.8 Å². The summed E-state index contributed by atoms with van der Waals surface area (Å²) >= 11 is 2.68. The van der Waals surface area contributed by atoms with Gasteiger partial charge in [0.15, 0.2) is 5.76 Å². The maximum atomic E-state index is 13.4. The molecule has 0 fully saturated rings. The number of carbonyl (C=O) groups is 1. The van der Waals surface area contributed by atoms with Gasteiger partial charge in [0.05, 0.1) is 22.7 Å². The van der Waals surface area contributed by atoms with E-state index in [1.807, 2.05) is 17.5 Å². The van der Waals surface area contributed by atoms with Gasteiger partial charge in [0, 0.05) is 4.88 Å². The lowest BCUT2D eigenvalue weighted by Crippen LogP contribution is -2.25. The minimum Gasteiger partial charge on any atom is -0.459 e. The normalized spacial score (nSPS) is 11.4. The number of fused-ring (bicyclic) bond motifs is 1. The van der Waals surface area contributed by atoms with Gasteiger partial charge in [-0.25, -0.2) is 9.37 Å². The van der Waals surface area contributed by atoms with Crippen molar-refractivity contribution < 1.29 is 13.6 Å². The summed E-state index contributed by atoms with van der Waals surface area (Å²) in [5.41, 5.74) is 0.602. The summed E-state index contributed by atoms with van der Waals surface area (Å²) in [6.07, 6.45) is 3.00. The second-order valence-corrected chi connectivity index (χ2v) is 6.95. The van der Waals surface area contributed by atoms with E-state index >= 15 is 0 Å². The third-order valence-corrected chi connectivity index (χ3v) is 5.09. The molecule has 124 valence electrons. The van der Waals surface area contributed by atoms with Crippen molar-refractivity contribution in [3.8, 4) is 0 Å². The molecule has 3 aromatic heterocycles. The highest BCUT2D eigenvalue weighted by molar-refractivity contribution is 7.22. The summed E-state index contributed by atoms with van der Waals surface area (Å²) in [6.45, 7) is 0. The van der Waals surface area contributed by atoms with E-state index in [4.69, 9.17) is 4.42 Å². The minimum absolute atomic E-state index is 0.147. The highest BCUT2D eigenvalue weighted by Gasteiger charge is 2.23. The number of nitrogens with zero attached hydrogens (tertiary/aromatic N) is 3. The fourth-order valence-electron chi connectivity index (χ4n) is 2.15. The molecule has 0 radical (unpaired) electrons. The first-order valence-electron chi connectivity index (χ1n) is 7.22. The molecule has 5 nitrogen and oxygen atoms in total. The number of aromatic nitrogens is 1. The molecule has 25 heavy (non-hydrogen) atoms. The predicted molar refractivity (Wildman–Crippen MR) is 97.0 cm³/mol. The Bertz CT molecular complexity index is 1040. The Labute approximate surface area is 149 Å². The summed E-state index contributed by atoms with van der Waals surface area (Å²) in [5.74, 6) is -0.653. The molecule has 1 amide bonds. The number of carbonyl (C=O) groups excluding carboxylic acids is 1. The first kappa shape index (κ1) is 15.7. The third kappa shape index (κ3) is 3.21. The van der Waals surface area contributed by atoms with Crippen molar-refractivity contribution in [1.82, 2.24) is 4.98 Å². The molecule has 0 aliphatic carbocycles. The fourth-order valence-corrected chi connectivity index (χ4v) is 3.68. The van der Waals surface area contributed by atoms with Crippen LogP contribution in [0, 0.1) is 5.82 Å². The van der Waals surface area contributed by atoms with E-state index in [2.05, 4.69) is 10.1 Å². The average molecular weight is 371 g/mol. The highest BCUT2D eigenvalue weighted by Crippen LogP contribution is 2.30. The molecule has 0 saturated heterocycles. The number of anilines is 1. The molecule has 1 aromatic carbocycles. The molecule has 4 rings (SSSR count). The van der Waals surface area contributed by atoms with Crippen molar-refractivity contribution in [2.45, 2.75) is 0 Å². The summed E-state index contributed by atoms with van der Waals surface area (Å²) in [6, 6.07) is 11.3.